The Hall–Kier alpha value is -2.99. The van der Waals surface area contributed by atoms with Crippen LogP contribution in [0, 0.1) is 5.82 Å². The van der Waals surface area contributed by atoms with Gasteiger partial charge in [0, 0.05) is 37.6 Å². The highest BCUT2D eigenvalue weighted by atomic mass is 19.1. The van der Waals surface area contributed by atoms with Crippen molar-refractivity contribution >= 4 is 17.5 Å². The molecule has 0 atom stereocenters. The molecule has 0 fully saturated rings. The van der Waals surface area contributed by atoms with E-state index in [2.05, 4.69) is 20.6 Å². The Morgan fingerprint density at radius 3 is 2.62 bits per heavy atom. The lowest BCUT2D eigenvalue weighted by molar-refractivity contribution is 0.197. The first-order valence-corrected chi connectivity index (χ1v) is 8.44. The predicted octanol–water partition coefficient (Wildman–Crippen LogP) is 4.47. The van der Waals surface area contributed by atoms with Crippen molar-refractivity contribution in [2.24, 2.45) is 0 Å². The molecule has 6 heteroatoms. The molecule has 2 aromatic carbocycles. The highest BCUT2D eigenvalue weighted by Gasteiger charge is 2.07. The number of nitrogens with zero attached hydrogens (tertiary/aromatic N) is 2. The molecule has 3 rings (SSSR count). The summed E-state index contributed by atoms with van der Waals surface area (Å²) in [5, 5.41) is 6.35. The van der Waals surface area contributed by atoms with Crippen LogP contribution in [0.3, 0.4) is 0 Å². The zero-order valence-corrected chi connectivity index (χ0v) is 14.6. The van der Waals surface area contributed by atoms with Gasteiger partial charge in [-0.2, -0.15) is 4.98 Å². The second-order valence-electron chi connectivity index (χ2n) is 5.74. The smallest absolute Gasteiger partial charge is 0.225 e. The summed E-state index contributed by atoms with van der Waals surface area (Å²) in [6, 6.07) is 18.0. The number of rotatable bonds is 8. The second kappa shape index (κ2) is 8.92. The highest BCUT2D eigenvalue weighted by molar-refractivity contribution is 5.67. The standard InChI is InChI=1S/C20H21FN4O/c1-26-12-6-11-22-20-24-18(15-7-3-2-4-8-15)14-19(25-20)23-17-10-5-9-16(21)13-17/h2-5,7-10,13-14H,6,11-12H2,1H3,(H2,22,23,24,25). The predicted molar refractivity (Wildman–Crippen MR) is 102 cm³/mol. The Kier molecular flexibility index (Phi) is 6.11. The maximum atomic E-state index is 13.4. The number of hydrogen-bond donors (Lipinski definition) is 2. The Morgan fingerprint density at radius 2 is 1.85 bits per heavy atom. The average Bonchev–Trinajstić information content (AvgIpc) is 2.66. The number of aromatic nitrogens is 2. The first-order valence-electron chi connectivity index (χ1n) is 8.44. The van der Waals surface area contributed by atoms with Crippen LogP contribution in [0.15, 0.2) is 60.7 Å². The Morgan fingerprint density at radius 1 is 1.00 bits per heavy atom. The van der Waals surface area contributed by atoms with E-state index in [1.807, 2.05) is 36.4 Å². The number of ether oxygens (including phenoxy) is 1. The molecule has 0 bridgehead atoms. The van der Waals surface area contributed by atoms with Crippen molar-refractivity contribution in [3.8, 4) is 11.3 Å². The van der Waals surface area contributed by atoms with E-state index >= 15 is 0 Å². The molecule has 0 unspecified atom stereocenters. The summed E-state index contributed by atoms with van der Waals surface area (Å²) in [6.07, 6.45) is 0.849. The molecule has 5 nitrogen and oxygen atoms in total. The van der Waals surface area contributed by atoms with Crippen LogP contribution < -0.4 is 10.6 Å². The molecule has 0 saturated carbocycles. The van der Waals surface area contributed by atoms with Gasteiger partial charge in [0.25, 0.3) is 0 Å². The van der Waals surface area contributed by atoms with E-state index in [4.69, 9.17) is 4.74 Å². The van der Waals surface area contributed by atoms with Crippen molar-refractivity contribution in [2.45, 2.75) is 6.42 Å². The molecular formula is C20H21FN4O. The molecule has 0 amide bonds. The quantitative estimate of drug-likeness (QED) is 0.586. The monoisotopic (exact) mass is 352 g/mol. The molecule has 1 heterocycles. The number of methoxy groups -OCH3 is 1. The fourth-order valence-electron chi connectivity index (χ4n) is 2.48. The van der Waals surface area contributed by atoms with Gasteiger partial charge in [-0.25, -0.2) is 9.37 Å². The van der Waals surface area contributed by atoms with Gasteiger partial charge in [0.1, 0.15) is 11.6 Å². The van der Waals surface area contributed by atoms with Crippen molar-refractivity contribution in [1.82, 2.24) is 9.97 Å². The summed E-state index contributed by atoms with van der Waals surface area (Å²) in [6.45, 7) is 1.37. The average molecular weight is 352 g/mol. The summed E-state index contributed by atoms with van der Waals surface area (Å²) in [7, 11) is 1.67. The molecule has 0 radical (unpaired) electrons. The van der Waals surface area contributed by atoms with Crippen LogP contribution in [0.4, 0.5) is 21.8 Å². The first kappa shape index (κ1) is 17.8. The summed E-state index contributed by atoms with van der Waals surface area (Å²) < 4.78 is 18.5. The third-order valence-electron chi connectivity index (χ3n) is 3.70. The van der Waals surface area contributed by atoms with Gasteiger partial charge < -0.3 is 15.4 Å². The SMILES string of the molecule is COCCCNc1nc(Nc2cccc(F)c2)cc(-c2ccccc2)n1. The summed E-state index contributed by atoms with van der Waals surface area (Å²) >= 11 is 0. The fourth-order valence-corrected chi connectivity index (χ4v) is 2.48. The van der Waals surface area contributed by atoms with Gasteiger partial charge in [-0.15, -0.1) is 0 Å². The van der Waals surface area contributed by atoms with E-state index in [0.717, 1.165) is 17.7 Å². The second-order valence-corrected chi connectivity index (χ2v) is 5.74. The Balaban J connectivity index is 1.86. The number of halogens is 1. The number of nitrogens with one attached hydrogen (secondary N) is 2. The van der Waals surface area contributed by atoms with Crippen molar-refractivity contribution in [3.05, 3.63) is 66.5 Å². The van der Waals surface area contributed by atoms with Crippen LogP contribution in [-0.4, -0.2) is 30.2 Å². The van der Waals surface area contributed by atoms with E-state index in [9.17, 15) is 4.39 Å². The van der Waals surface area contributed by atoms with E-state index in [-0.39, 0.29) is 5.82 Å². The normalized spacial score (nSPS) is 10.5. The molecule has 134 valence electrons. The van der Waals surface area contributed by atoms with E-state index in [1.54, 1.807) is 19.2 Å². The molecule has 0 aliphatic rings. The maximum Gasteiger partial charge on any atom is 0.225 e. The lowest BCUT2D eigenvalue weighted by Crippen LogP contribution is -2.09. The van der Waals surface area contributed by atoms with Crippen molar-refractivity contribution in [3.63, 3.8) is 0 Å². The Bertz CT molecular complexity index is 842. The van der Waals surface area contributed by atoms with E-state index < -0.39 is 0 Å². The Labute approximate surface area is 152 Å². The van der Waals surface area contributed by atoms with Crippen LogP contribution in [0.5, 0.6) is 0 Å². The van der Waals surface area contributed by atoms with Crippen LogP contribution >= 0.6 is 0 Å². The zero-order valence-electron chi connectivity index (χ0n) is 14.6. The molecule has 0 aliphatic heterocycles. The third-order valence-corrected chi connectivity index (χ3v) is 3.70. The van der Waals surface area contributed by atoms with Gasteiger partial charge in [-0.3, -0.25) is 0 Å². The largest absolute Gasteiger partial charge is 0.385 e. The summed E-state index contributed by atoms with van der Waals surface area (Å²) in [4.78, 5) is 9.07. The summed E-state index contributed by atoms with van der Waals surface area (Å²) in [5.74, 6) is 0.810. The molecule has 2 N–H and O–H groups in total. The van der Waals surface area contributed by atoms with Crippen LogP contribution in [0.25, 0.3) is 11.3 Å². The maximum absolute atomic E-state index is 13.4. The van der Waals surface area contributed by atoms with E-state index in [1.165, 1.54) is 12.1 Å². The lowest BCUT2D eigenvalue weighted by Gasteiger charge is -2.11. The van der Waals surface area contributed by atoms with E-state index in [0.29, 0.717) is 30.6 Å². The van der Waals surface area contributed by atoms with Gasteiger partial charge in [0.05, 0.1) is 5.69 Å². The van der Waals surface area contributed by atoms with Gasteiger partial charge in [-0.1, -0.05) is 36.4 Å². The topological polar surface area (TPSA) is 59.1 Å². The third kappa shape index (κ3) is 5.00. The van der Waals surface area contributed by atoms with Crippen LogP contribution in [-0.2, 0) is 4.74 Å². The number of hydrogen-bond acceptors (Lipinski definition) is 5. The van der Waals surface area contributed by atoms with Crippen LogP contribution in [0.1, 0.15) is 6.42 Å². The molecule has 0 spiro atoms. The van der Waals surface area contributed by atoms with Crippen molar-refractivity contribution in [2.75, 3.05) is 30.9 Å². The molecule has 0 saturated heterocycles. The molecule has 26 heavy (non-hydrogen) atoms. The van der Waals surface area contributed by atoms with Crippen LogP contribution in [0.2, 0.25) is 0 Å². The van der Waals surface area contributed by atoms with Crippen molar-refractivity contribution < 1.29 is 9.13 Å². The minimum atomic E-state index is -0.301. The van der Waals surface area contributed by atoms with Gasteiger partial charge in [0.2, 0.25) is 5.95 Å². The highest BCUT2D eigenvalue weighted by Crippen LogP contribution is 2.23. The number of anilines is 3. The minimum Gasteiger partial charge on any atom is -0.385 e. The van der Waals surface area contributed by atoms with Gasteiger partial charge in [0.15, 0.2) is 0 Å². The molecular weight excluding hydrogens is 331 g/mol. The zero-order chi connectivity index (χ0) is 18.2. The molecule has 3 aromatic rings. The number of benzene rings is 2. The van der Waals surface area contributed by atoms with Gasteiger partial charge in [-0.05, 0) is 24.6 Å². The summed E-state index contributed by atoms with van der Waals surface area (Å²) in [5.41, 5.74) is 2.40. The molecule has 0 aliphatic carbocycles. The first-order chi connectivity index (χ1) is 12.7. The molecule has 1 aromatic heterocycles. The fraction of sp³-hybridized carbons (Fsp3) is 0.200. The lowest BCUT2D eigenvalue weighted by atomic mass is 10.1. The van der Waals surface area contributed by atoms with Crippen molar-refractivity contribution in [1.29, 1.82) is 0 Å². The minimum absolute atomic E-state index is 0.301. The van der Waals surface area contributed by atoms with Gasteiger partial charge >= 0.3 is 0 Å².